The number of nitrogens with zero attached hydrogens (tertiary/aromatic N) is 2. The van der Waals surface area contributed by atoms with Gasteiger partial charge in [-0.05, 0) is 73.0 Å². The molecule has 0 radical (unpaired) electrons. The summed E-state index contributed by atoms with van der Waals surface area (Å²) in [5.41, 5.74) is 4.52. The largest absolute Gasteiger partial charge is 0.573 e. The molecule has 3 aromatic rings. The summed E-state index contributed by atoms with van der Waals surface area (Å²) in [5.74, 6) is -0.304. The Morgan fingerprint density at radius 1 is 0.897 bits per heavy atom. The monoisotopic (exact) mass is 537 g/mol. The molecular formula is C31H34F3N3O2. The lowest BCUT2D eigenvalue weighted by atomic mass is 10.0. The Labute approximate surface area is 227 Å². The van der Waals surface area contributed by atoms with Crippen LogP contribution in [0.2, 0.25) is 0 Å². The van der Waals surface area contributed by atoms with Crippen molar-refractivity contribution in [2.24, 2.45) is 0 Å². The van der Waals surface area contributed by atoms with E-state index < -0.39 is 6.36 Å². The number of rotatable bonds is 10. The van der Waals surface area contributed by atoms with E-state index in [4.69, 9.17) is 0 Å². The van der Waals surface area contributed by atoms with Gasteiger partial charge in [-0.1, -0.05) is 60.7 Å². The van der Waals surface area contributed by atoms with Crippen molar-refractivity contribution in [3.05, 3.63) is 101 Å². The first-order valence-corrected chi connectivity index (χ1v) is 13.1. The predicted molar refractivity (Wildman–Crippen MR) is 149 cm³/mol. The Morgan fingerprint density at radius 2 is 1.56 bits per heavy atom. The summed E-state index contributed by atoms with van der Waals surface area (Å²) in [7, 11) is 2.14. The standard InChI is InChI=1S/C31H34F3N3O2/c1-36-17-19-37(20-18-36)16-4-15-35-30(38)28-8-3-7-27(23-28)22-26-6-2-5-25(21-26)10-9-24-11-13-29(14-12-24)39-31(32,33)34/h2-3,5-14,21,23H,4,15-20,22H2,1H3,(H,35,38)/b10-9+. The number of amides is 1. The van der Waals surface area contributed by atoms with E-state index in [-0.39, 0.29) is 11.7 Å². The summed E-state index contributed by atoms with van der Waals surface area (Å²) < 4.78 is 40.9. The number of halogens is 3. The molecule has 0 unspecified atom stereocenters. The van der Waals surface area contributed by atoms with E-state index in [0.717, 1.165) is 61.4 Å². The van der Waals surface area contributed by atoms with Gasteiger partial charge >= 0.3 is 6.36 Å². The molecular weight excluding hydrogens is 503 g/mol. The molecule has 3 aromatic carbocycles. The van der Waals surface area contributed by atoms with Crippen LogP contribution in [0, 0.1) is 0 Å². The Kier molecular flexibility index (Phi) is 9.79. The SMILES string of the molecule is CN1CCN(CCCNC(=O)c2cccc(Cc3cccc(/C=C/c4ccc(OC(F)(F)F)cc4)c3)c2)CC1. The highest BCUT2D eigenvalue weighted by molar-refractivity contribution is 5.94. The number of hydrogen-bond acceptors (Lipinski definition) is 4. The normalized spacial score (nSPS) is 15.0. The Balaban J connectivity index is 1.28. The second-order valence-electron chi connectivity index (χ2n) is 9.83. The number of carbonyl (C=O) groups excluding carboxylic acids is 1. The molecule has 0 spiro atoms. The quantitative estimate of drug-likeness (QED) is 0.266. The van der Waals surface area contributed by atoms with Crippen LogP contribution < -0.4 is 10.1 Å². The second-order valence-corrected chi connectivity index (χ2v) is 9.83. The van der Waals surface area contributed by atoms with E-state index in [2.05, 4.69) is 33.0 Å². The molecule has 0 aromatic heterocycles. The number of likely N-dealkylation sites (N-methyl/N-ethyl adjacent to an activating group) is 1. The van der Waals surface area contributed by atoms with Gasteiger partial charge in [0, 0.05) is 38.3 Å². The minimum atomic E-state index is -4.70. The number of ether oxygens (including phenoxy) is 1. The molecule has 1 heterocycles. The maximum atomic E-state index is 12.7. The van der Waals surface area contributed by atoms with Crippen LogP contribution in [0.25, 0.3) is 12.2 Å². The number of hydrogen-bond donors (Lipinski definition) is 1. The van der Waals surface area contributed by atoms with Crippen molar-refractivity contribution >= 4 is 18.1 Å². The molecule has 1 aliphatic rings. The molecule has 39 heavy (non-hydrogen) atoms. The van der Waals surface area contributed by atoms with Gasteiger partial charge in [-0.25, -0.2) is 0 Å². The van der Waals surface area contributed by atoms with Gasteiger partial charge < -0.3 is 19.9 Å². The van der Waals surface area contributed by atoms with Gasteiger partial charge in [-0.15, -0.1) is 13.2 Å². The topological polar surface area (TPSA) is 44.8 Å². The average Bonchev–Trinajstić information content (AvgIpc) is 2.91. The van der Waals surface area contributed by atoms with Crippen LogP contribution in [0.1, 0.15) is 39.0 Å². The van der Waals surface area contributed by atoms with E-state index in [9.17, 15) is 18.0 Å². The van der Waals surface area contributed by atoms with Gasteiger partial charge in [0.2, 0.25) is 0 Å². The van der Waals surface area contributed by atoms with Crippen LogP contribution in [0.5, 0.6) is 5.75 Å². The lowest BCUT2D eigenvalue weighted by Crippen LogP contribution is -2.45. The first-order valence-electron chi connectivity index (χ1n) is 13.1. The number of piperazine rings is 1. The van der Waals surface area contributed by atoms with Gasteiger partial charge in [0.25, 0.3) is 5.91 Å². The molecule has 1 amide bonds. The van der Waals surface area contributed by atoms with Crippen molar-refractivity contribution in [3.63, 3.8) is 0 Å². The highest BCUT2D eigenvalue weighted by Gasteiger charge is 2.30. The Bertz CT molecular complexity index is 1250. The zero-order valence-electron chi connectivity index (χ0n) is 22.1. The van der Waals surface area contributed by atoms with Gasteiger partial charge in [-0.3, -0.25) is 4.79 Å². The van der Waals surface area contributed by atoms with Crippen molar-refractivity contribution in [2.45, 2.75) is 19.2 Å². The fraction of sp³-hybridized carbons (Fsp3) is 0.323. The third-order valence-corrected chi connectivity index (χ3v) is 6.66. The molecule has 5 nitrogen and oxygen atoms in total. The molecule has 1 fully saturated rings. The van der Waals surface area contributed by atoms with E-state index in [1.54, 1.807) is 12.1 Å². The lowest BCUT2D eigenvalue weighted by molar-refractivity contribution is -0.274. The molecule has 0 bridgehead atoms. The van der Waals surface area contributed by atoms with Crippen LogP contribution >= 0.6 is 0 Å². The van der Waals surface area contributed by atoms with E-state index in [0.29, 0.717) is 18.5 Å². The maximum absolute atomic E-state index is 12.7. The molecule has 4 rings (SSSR count). The number of carbonyl (C=O) groups is 1. The van der Waals surface area contributed by atoms with Crippen LogP contribution in [0.3, 0.4) is 0 Å². The summed E-state index contributed by atoms with van der Waals surface area (Å²) in [5, 5.41) is 3.05. The van der Waals surface area contributed by atoms with Crippen molar-refractivity contribution in [1.29, 1.82) is 0 Å². The molecule has 1 saturated heterocycles. The molecule has 1 N–H and O–H groups in total. The third-order valence-electron chi connectivity index (χ3n) is 6.66. The predicted octanol–water partition coefficient (Wildman–Crippen LogP) is 5.71. The van der Waals surface area contributed by atoms with Crippen LogP contribution in [0.15, 0.2) is 72.8 Å². The highest BCUT2D eigenvalue weighted by Crippen LogP contribution is 2.23. The Hall–Kier alpha value is -3.62. The maximum Gasteiger partial charge on any atom is 0.573 e. The molecule has 206 valence electrons. The van der Waals surface area contributed by atoms with E-state index in [1.807, 2.05) is 54.6 Å². The summed E-state index contributed by atoms with van der Waals surface area (Å²) in [4.78, 5) is 17.5. The summed E-state index contributed by atoms with van der Waals surface area (Å²) in [6.07, 6.45) is 0.655. The average molecular weight is 538 g/mol. The zero-order chi connectivity index (χ0) is 27.7. The number of benzene rings is 3. The molecule has 0 atom stereocenters. The molecule has 1 aliphatic heterocycles. The minimum absolute atomic E-state index is 0.0569. The van der Waals surface area contributed by atoms with E-state index in [1.165, 1.54) is 12.1 Å². The second kappa shape index (κ2) is 13.4. The number of alkyl halides is 3. The van der Waals surface area contributed by atoms with Gasteiger partial charge in [-0.2, -0.15) is 0 Å². The molecule has 8 heteroatoms. The fourth-order valence-corrected chi connectivity index (χ4v) is 4.52. The summed E-state index contributed by atoms with van der Waals surface area (Å²) in [6.45, 7) is 6.00. The van der Waals surface area contributed by atoms with Crippen LogP contribution in [-0.2, 0) is 6.42 Å². The smallest absolute Gasteiger partial charge is 0.406 e. The first kappa shape index (κ1) is 28.4. The molecule has 0 aliphatic carbocycles. The fourth-order valence-electron chi connectivity index (χ4n) is 4.52. The highest BCUT2D eigenvalue weighted by atomic mass is 19.4. The van der Waals surface area contributed by atoms with Gasteiger partial charge in [0.15, 0.2) is 0 Å². The van der Waals surface area contributed by atoms with Gasteiger partial charge in [0.05, 0.1) is 0 Å². The van der Waals surface area contributed by atoms with Crippen molar-refractivity contribution < 1.29 is 22.7 Å². The summed E-state index contributed by atoms with van der Waals surface area (Å²) in [6, 6.07) is 21.4. The Morgan fingerprint density at radius 3 is 2.28 bits per heavy atom. The minimum Gasteiger partial charge on any atom is -0.406 e. The van der Waals surface area contributed by atoms with Crippen molar-refractivity contribution in [2.75, 3.05) is 46.3 Å². The van der Waals surface area contributed by atoms with Crippen molar-refractivity contribution in [1.82, 2.24) is 15.1 Å². The molecule has 0 saturated carbocycles. The lowest BCUT2D eigenvalue weighted by Gasteiger charge is -2.32. The van der Waals surface area contributed by atoms with E-state index >= 15 is 0 Å². The third kappa shape index (κ3) is 9.57. The zero-order valence-corrected chi connectivity index (χ0v) is 22.1. The van der Waals surface area contributed by atoms with Crippen LogP contribution in [-0.4, -0.2) is 68.4 Å². The summed E-state index contributed by atoms with van der Waals surface area (Å²) >= 11 is 0. The van der Waals surface area contributed by atoms with Gasteiger partial charge in [0.1, 0.15) is 5.75 Å². The van der Waals surface area contributed by atoms with Crippen LogP contribution in [0.4, 0.5) is 13.2 Å². The first-order chi connectivity index (χ1) is 18.7. The number of nitrogens with one attached hydrogen (secondary N) is 1. The van der Waals surface area contributed by atoms with Crippen molar-refractivity contribution in [3.8, 4) is 5.75 Å².